The predicted octanol–water partition coefficient (Wildman–Crippen LogP) is 2.96. The number of hydrogen-bond acceptors (Lipinski definition) is 8. The molecule has 0 radical (unpaired) electrons. The first-order chi connectivity index (χ1) is 15.4. The highest BCUT2D eigenvalue weighted by Crippen LogP contribution is 2.32. The van der Waals surface area contributed by atoms with E-state index in [4.69, 9.17) is 14.2 Å². The summed E-state index contributed by atoms with van der Waals surface area (Å²) in [6, 6.07) is 8.76. The third-order valence-electron chi connectivity index (χ3n) is 4.77. The van der Waals surface area contributed by atoms with Crippen molar-refractivity contribution in [1.82, 2.24) is 10.9 Å². The zero-order valence-electron chi connectivity index (χ0n) is 17.6. The van der Waals surface area contributed by atoms with Gasteiger partial charge in [-0.1, -0.05) is 0 Å². The SMILES string of the molecule is COc1cc(OC)cc(C(=O)NNC(=O)c2ccc(SC[C@H]3CCCO3)c([N+](=O)[O-])c2)c1. The van der Waals surface area contributed by atoms with Crippen molar-refractivity contribution in [3.8, 4) is 11.5 Å². The molecule has 0 saturated carbocycles. The molecule has 0 spiro atoms. The topological polar surface area (TPSA) is 129 Å². The monoisotopic (exact) mass is 461 g/mol. The molecule has 11 heteroatoms. The third-order valence-corrected chi connectivity index (χ3v) is 5.96. The Labute approximate surface area is 188 Å². The number of nitrogens with zero attached hydrogens (tertiary/aromatic N) is 1. The second-order valence-corrected chi connectivity index (χ2v) is 7.96. The van der Waals surface area contributed by atoms with Crippen LogP contribution in [0.25, 0.3) is 0 Å². The number of nitro benzene ring substituents is 1. The highest BCUT2D eigenvalue weighted by atomic mass is 32.2. The van der Waals surface area contributed by atoms with Gasteiger partial charge in [-0.25, -0.2) is 0 Å². The molecule has 2 amide bonds. The van der Waals surface area contributed by atoms with Gasteiger partial charge < -0.3 is 14.2 Å². The normalized spacial score (nSPS) is 15.1. The molecule has 1 heterocycles. The Hall–Kier alpha value is -3.31. The van der Waals surface area contributed by atoms with Crippen LogP contribution in [0.15, 0.2) is 41.3 Å². The number of hydrazine groups is 1. The van der Waals surface area contributed by atoms with Crippen LogP contribution < -0.4 is 20.3 Å². The maximum absolute atomic E-state index is 12.5. The zero-order chi connectivity index (χ0) is 23.1. The van der Waals surface area contributed by atoms with Gasteiger partial charge in [0, 0.05) is 35.6 Å². The second-order valence-electron chi connectivity index (χ2n) is 6.90. The first kappa shape index (κ1) is 23.4. The fourth-order valence-electron chi connectivity index (χ4n) is 3.08. The fourth-order valence-corrected chi connectivity index (χ4v) is 4.15. The molecule has 1 saturated heterocycles. The predicted molar refractivity (Wildman–Crippen MR) is 117 cm³/mol. The van der Waals surface area contributed by atoms with E-state index in [9.17, 15) is 19.7 Å². The Morgan fingerprint density at radius 1 is 1.09 bits per heavy atom. The van der Waals surface area contributed by atoms with Gasteiger partial charge in [-0.15, -0.1) is 11.8 Å². The third kappa shape index (κ3) is 5.89. The quantitative estimate of drug-likeness (QED) is 0.349. The summed E-state index contributed by atoms with van der Waals surface area (Å²) >= 11 is 1.32. The number of carbonyl (C=O) groups excluding carboxylic acids is 2. The average Bonchev–Trinajstić information content (AvgIpc) is 3.34. The average molecular weight is 461 g/mol. The van der Waals surface area contributed by atoms with E-state index in [1.54, 1.807) is 6.07 Å². The number of methoxy groups -OCH3 is 2. The van der Waals surface area contributed by atoms with E-state index in [1.807, 2.05) is 0 Å². The lowest BCUT2D eigenvalue weighted by Crippen LogP contribution is -2.41. The summed E-state index contributed by atoms with van der Waals surface area (Å²) in [6.45, 7) is 0.709. The first-order valence-corrected chi connectivity index (χ1v) is 10.8. The lowest BCUT2D eigenvalue weighted by atomic mass is 10.2. The number of amides is 2. The molecular formula is C21H23N3O7S. The van der Waals surface area contributed by atoms with E-state index in [0.717, 1.165) is 12.8 Å². The van der Waals surface area contributed by atoms with Gasteiger partial charge >= 0.3 is 0 Å². The lowest BCUT2D eigenvalue weighted by Gasteiger charge is -2.11. The number of rotatable bonds is 8. The summed E-state index contributed by atoms with van der Waals surface area (Å²) in [7, 11) is 2.90. The van der Waals surface area contributed by atoms with Crippen molar-refractivity contribution < 1.29 is 28.7 Å². The van der Waals surface area contributed by atoms with Gasteiger partial charge in [0.05, 0.1) is 30.1 Å². The standard InChI is InChI=1S/C21H23N3O7S/c1-29-16-8-14(9-17(11-16)30-2)21(26)23-22-20(25)13-5-6-19(18(10-13)24(27)28)32-12-15-4-3-7-31-15/h5-6,8-11,15H,3-4,7,12H2,1-2H3,(H,22,25)(H,23,26)/t15-/m1/s1. The van der Waals surface area contributed by atoms with Gasteiger partial charge in [-0.3, -0.25) is 30.6 Å². The molecule has 0 bridgehead atoms. The van der Waals surface area contributed by atoms with Gasteiger partial charge in [0.15, 0.2) is 0 Å². The number of hydrogen-bond donors (Lipinski definition) is 2. The summed E-state index contributed by atoms with van der Waals surface area (Å²) in [4.78, 5) is 36.3. The molecule has 1 aliphatic heterocycles. The minimum atomic E-state index is -0.688. The molecule has 2 N–H and O–H groups in total. The lowest BCUT2D eigenvalue weighted by molar-refractivity contribution is -0.387. The number of nitro groups is 1. The largest absolute Gasteiger partial charge is 0.497 e. The van der Waals surface area contributed by atoms with Crippen molar-refractivity contribution in [1.29, 1.82) is 0 Å². The molecular weight excluding hydrogens is 438 g/mol. The Kier molecular flexibility index (Phi) is 7.90. The number of benzene rings is 2. The molecule has 10 nitrogen and oxygen atoms in total. The second kappa shape index (κ2) is 10.8. The Morgan fingerprint density at radius 3 is 2.31 bits per heavy atom. The first-order valence-electron chi connectivity index (χ1n) is 9.78. The Morgan fingerprint density at radius 2 is 1.75 bits per heavy atom. The van der Waals surface area contributed by atoms with Gasteiger partial charge in [0.25, 0.3) is 17.5 Å². The molecule has 0 aliphatic carbocycles. The van der Waals surface area contributed by atoms with Crippen LogP contribution in [0, 0.1) is 10.1 Å². The Bertz CT molecular complexity index is 987. The van der Waals surface area contributed by atoms with Crippen LogP contribution >= 0.6 is 11.8 Å². The number of thioether (sulfide) groups is 1. The van der Waals surface area contributed by atoms with Gasteiger partial charge in [0.2, 0.25) is 0 Å². The van der Waals surface area contributed by atoms with Gasteiger partial charge in [-0.2, -0.15) is 0 Å². The molecule has 1 atom stereocenters. The van der Waals surface area contributed by atoms with Crippen LogP contribution in [0.2, 0.25) is 0 Å². The molecule has 170 valence electrons. The van der Waals surface area contributed by atoms with E-state index in [0.29, 0.717) is 28.8 Å². The number of carbonyl (C=O) groups is 2. The van der Waals surface area contributed by atoms with Crippen molar-refractivity contribution in [3.63, 3.8) is 0 Å². The van der Waals surface area contributed by atoms with Crippen molar-refractivity contribution in [2.45, 2.75) is 23.8 Å². The summed E-state index contributed by atoms with van der Waals surface area (Å²) in [5.74, 6) is 0.132. The van der Waals surface area contributed by atoms with Crippen LogP contribution in [0.5, 0.6) is 11.5 Å². The molecule has 1 aliphatic rings. The molecule has 2 aromatic carbocycles. The van der Waals surface area contributed by atoms with Crippen molar-refractivity contribution in [2.75, 3.05) is 26.6 Å². The molecule has 1 fully saturated rings. The van der Waals surface area contributed by atoms with Crippen LogP contribution in [-0.2, 0) is 4.74 Å². The van der Waals surface area contributed by atoms with E-state index >= 15 is 0 Å². The Balaban J connectivity index is 1.66. The van der Waals surface area contributed by atoms with Crippen molar-refractivity contribution >= 4 is 29.3 Å². The molecule has 32 heavy (non-hydrogen) atoms. The minimum absolute atomic E-state index is 0.0432. The highest BCUT2D eigenvalue weighted by molar-refractivity contribution is 7.99. The summed E-state index contributed by atoms with van der Waals surface area (Å²) in [6.07, 6.45) is 1.99. The van der Waals surface area contributed by atoms with Crippen LogP contribution in [0.3, 0.4) is 0 Å². The van der Waals surface area contributed by atoms with Crippen molar-refractivity contribution in [3.05, 3.63) is 57.6 Å². The minimum Gasteiger partial charge on any atom is -0.497 e. The number of nitrogens with one attached hydrogen (secondary N) is 2. The summed E-state index contributed by atoms with van der Waals surface area (Å²) < 4.78 is 15.8. The molecule has 0 aromatic heterocycles. The van der Waals surface area contributed by atoms with Crippen LogP contribution in [0.4, 0.5) is 5.69 Å². The fraction of sp³-hybridized carbons (Fsp3) is 0.333. The zero-order valence-corrected chi connectivity index (χ0v) is 18.4. The van der Waals surface area contributed by atoms with E-state index < -0.39 is 16.7 Å². The van der Waals surface area contributed by atoms with E-state index in [1.165, 1.54) is 56.3 Å². The maximum atomic E-state index is 12.5. The maximum Gasteiger partial charge on any atom is 0.283 e. The summed E-state index contributed by atoms with van der Waals surface area (Å²) in [5, 5.41) is 11.5. The van der Waals surface area contributed by atoms with E-state index in [2.05, 4.69) is 10.9 Å². The number of ether oxygens (including phenoxy) is 3. The molecule has 3 rings (SSSR count). The molecule has 0 unspecified atom stereocenters. The summed E-state index contributed by atoms with van der Waals surface area (Å²) in [5.41, 5.74) is 4.62. The van der Waals surface area contributed by atoms with E-state index in [-0.39, 0.29) is 22.9 Å². The van der Waals surface area contributed by atoms with Crippen LogP contribution in [-0.4, -0.2) is 49.4 Å². The van der Waals surface area contributed by atoms with Crippen LogP contribution in [0.1, 0.15) is 33.6 Å². The highest BCUT2D eigenvalue weighted by Gasteiger charge is 2.21. The van der Waals surface area contributed by atoms with Gasteiger partial charge in [0.1, 0.15) is 11.5 Å². The van der Waals surface area contributed by atoms with Gasteiger partial charge in [-0.05, 0) is 37.1 Å². The smallest absolute Gasteiger partial charge is 0.283 e. The van der Waals surface area contributed by atoms with Crippen molar-refractivity contribution in [2.24, 2.45) is 0 Å². The molecule has 2 aromatic rings.